The Morgan fingerprint density at radius 1 is 0.371 bits per heavy atom. The van der Waals surface area contributed by atoms with Crippen molar-refractivity contribution in [2.24, 2.45) is 0 Å². The molecular formula is C34H58Mn. The zero-order valence-electron chi connectivity index (χ0n) is 26.7. The molecule has 0 aromatic heterocycles. The average molecular weight is 522 g/mol. The Morgan fingerprint density at radius 3 is 0.714 bits per heavy atom. The van der Waals surface area contributed by atoms with Crippen LogP contribution in [-0.4, -0.2) is 0 Å². The number of hydrogen-bond donors (Lipinski definition) is 0. The van der Waals surface area contributed by atoms with Crippen LogP contribution in [0.4, 0.5) is 0 Å². The first-order valence-corrected chi connectivity index (χ1v) is 13.3. The third-order valence-electron chi connectivity index (χ3n) is 6.74. The molecule has 2 aromatic carbocycles. The molecule has 0 aliphatic rings. The monoisotopic (exact) mass is 521 g/mol. The maximum Gasteiger partial charge on any atom is 2.00 e. The first kappa shape index (κ1) is 34.2. The third-order valence-corrected chi connectivity index (χ3v) is 6.74. The van der Waals surface area contributed by atoms with Crippen LogP contribution < -0.4 is 0 Å². The molecule has 0 atom stereocenters. The van der Waals surface area contributed by atoms with Gasteiger partial charge in [0.15, 0.2) is 0 Å². The molecule has 0 aliphatic carbocycles. The minimum atomic E-state index is 0. The van der Waals surface area contributed by atoms with Gasteiger partial charge in [-0.25, -0.2) is 12.1 Å². The third kappa shape index (κ3) is 9.23. The fourth-order valence-electron chi connectivity index (χ4n) is 4.36. The van der Waals surface area contributed by atoms with Gasteiger partial charge in [0, 0.05) is 0 Å². The van der Waals surface area contributed by atoms with E-state index in [2.05, 4.69) is 149 Å². The molecule has 0 bridgehead atoms. The minimum Gasteiger partial charge on any atom is -0.206 e. The average Bonchev–Trinajstić information content (AvgIpc) is 3.18. The number of rotatable bonds is 0. The summed E-state index contributed by atoms with van der Waals surface area (Å²) in [5.41, 5.74) is 10.4. The molecule has 0 aliphatic heterocycles. The Labute approximate surface area is 231 Å². The standard InChI is InChI=1S/2C17H29.Mn/c2*1-15(2,3)12-10-13(16(4,5)6)14(11-12)17(7,8)9;/h2*10-11H,1-9H3;/q2*-1;+2. The molecule has 1 radical (unpaired) electrons. The van der Waals surface area contributed by atoms with E-state index in [9.17, 15) is 0 Å². The van der Waals surface area contributed by atoms with Crippen molar-refractivity contribution in [1.82, 2.24) is 0 Å². The van der Waals surface area contributed by atoms with E-state index in [-0.39, 0.29) is 49.6 Å². The van der Waals surface area contributed by atoms with E-state index in [1.165, 1.54) is 33.4 Å². The normalized spacial score (nSPS) is 13.8. The van der Waals surface area contributed by atoms with Gasteiger partial charge in [0.25, 0.3) is 0 Å². The van der Waals surface area contributed by atoms with Gasteiger partial charge in [-0.05, 0) is 21.7 Å². The summed E-state index contributed by atoms with van der Waals surface area (Å²) in [6.07, 6.45) is 0. The Morgan fingerprint density at radius 2 is 0.600 bits per heavy atom. The molecular weight excluding hydrogens is 463 g/mol. The van der Waals surface area contributed by atoms with Crippen LogP contribution >= 0.6 is 0 Å². The first-order valence-electron chi connectivity index (χ1n) is 13.3. The van der Waals surface area contributed by atoms with Crippen LogP contribution in [0.5, 0.6) is 0 Å². The Bertz CT molecular complexity index is 790. The molecule has 201 valence electrons. The van der Waals surface area contributed by atoms with E-state index < -0.39 is 0 Å². The van der Waals surface area contributed by atoms with Gasteiger partial charge >= 0.3 is 17.1 Å². The molecule has 0 N–H and O–H groups in total. The van der Waals surface area contributed by atoms with Gasteiger partial charge in [0.1, 0.15) is 0 Å². The van der Waals surface area contributed by atoms with E-state index in [1.54, 1.807) is 0 Å². The van der Waals surface area contributed by atoms with Gasteiger partial charge in [-0.3, -0.25) is 0 Å². The Hall–Kier alpha value is -0.781. The summed E-state index contributed by atoms with van der Waals surface area (Å²) in [7, 11) is 0. The van der Waals surface area contributed by atoms with E-state index >= 15 is 0 Å². The molecule has 1 heteroatoms. The first-order chi connectivity index (χ1) is 14.7. The van der Waals surface area contributed by atoms with E-state index in [0.29, 0.717) is 0 Å². The molecule has 0 nitrogen and oxygen atoms in total. The summed E-state index contributed by atoms with van der Waals surface area (Å²) >= 11 is 0. The Balaban J connectivity index is 0.000000642. The topological polar surface area (TPSA) is 0 Å². The second-order valence-corrected chi connectivity index (χ2v) is 16.6. The van der Waals surface area contributed by atoms with Crippen LogP contribution in [0.1, 0.15) is 158 Å². The smallest absolute Gasteiger partial charge is 0.206 e. The molecule has 0 saturated heterocycles. The number of hydrogen-bond acceptors (Lipinski definition) is 0. The molecule has 0 amide bonds. The van der Waals surface area contributed by atoms with Gasteiger partial charge in [-0.1, -0.05) is 135 Å². The van der Waals surface area contributed by atoms with Crippen LogP contribution in [0.15, 0.2) is 24.3 Å². The molecule has 0 spiro atoms. The molecule has 2 aromatic rings. The summed E-state index contributed by atoms with van der Waals surface area (Å²) in [5.74, 6) is 0. The maximum absolute atomic E-state index is 2.42. The van der Waals surface area contributed by atoms with Crippen LogP contribution in [-0.2, 0) is 49.6 Å². The van der Waals surface area contributed by atoms with Crippen molar-refractivity contribution >= 4 is 0 Å². The maximum atomic E-state index is 2.42. The predicted octanol–water partition coefficient (Wildman–Crippen LogP) is 10.6. The second-order valence-electron chi connectivity index (χ2n) is 16.6. The quantitative estimate of drug-likeness (QED) is 0.239. The van der Waals surface area contributed by atoms with Gasteiger partial charge < -0.3 is 0 Å². The second kappa shape index (κ2) is 10.5. The van der Waals surface area contributed by atoms with Gasteiger partial charge in [0.05, 0.1) is 0 Å². The van der Waals surface area contributed by atoms with Crippen LogP contribution in [0.2, 0.25) is 0 Å². The Kier molecular flexibility index (Phi) is 10.3. The largest absolute Gasteiger partial charge is 2.00 e. The van der Waals surface area contributed by atoms with Crippen molar-refractivity contribution in [2.45, 2.75) is 157 Å². The van der Waals surface area contributed by atoms with Crippen LogP contribution in [0, 0.1) is 0 Å². The summed E-state index contributed by atoms with van der Waals surface area (Å²) in [6.45, 7) is 41.5. The predicted molar refractivity (Wildman–Crippen MR) is 156 cm³/mol. The minimum absolute atomic E-state index is 0. The molecule has 0 fully saturated rings. The van der Waals surface area contributed by atoms with E-state index in [0.717, 1.165) is 0 Å². The zero-order valence-corrected chi connectivity index (χ0v) is 27.9. The summed E-state index contributed by atoms with van der Waals surface area (Å²) in [4.78, 5) is 0. The SMILES string of the molecule is CC(C)(C)c1cc(C(C)(C)C)c(C(C)(C)C)[cH-]1.CC(C)(C)c1cc(C(C)(C)C)c(C(C)(C)C)[cH-]1.[Mn+2]. The molecule has 0 heterocycles. The summed E-state index contributed by atoms with van der Waals surface area (Å²) in [5, 5.41) is 0. The van der Waals surface area contributed by atoms with Crippen molar-refractivity contribution in [3.05, 3.63) is 57.6 Å². The van der Waals surface area contributed by atoms with Crippen molar-refractivity contribution in [3.8, 4) is 0 Å². The van der Waals surface area contributed by atoms with Crippen molar-refractivity contribution in [3.63, 3.8) is 0 Å². The molecule has 0 saturated carbocycles. The summed E-state index contributed by atoms with van der Waals surface area (Å²) < 4.78 is 0. The fraction of sp³-hybridized carbons (Fsp3) is 0.706. The summed E-state index contributed by atoms with van der Waals surface area (Å²) in [6, 6.07) is 9.67. The van der Waals surface area contributed by atoms with Gasteiger partial charge in [0.2, 0.25) is 0 Å². The van der Waals surface area contributed by atoms with E-state index in [1.807, 2.05) is 0 Å². The molecule has 0 unspecified atom stereocenters. The van der Waals surface area contributed by atoms with E-state index in [4.69, 9.17) is 0 Å². The van der Waals surface area contributed by atoms with Crippen molar-refractivity contribution in [2.75, 3.05) is 0 Å². The van der Waals surface area contributed by atoms with Crippen LogP contribution in [0.25, 0.3) is 0 Å². The van der Waals surface area contributed by atoms with Gasteiger partial charge in [-0.15, -0.1) is 0 Å². The van der Waals surface area contributed by atoms with Gasteiger partial charge in [-0.2, -0.15) is 45.5 Å². The fourth-order valence-corrected chi connectivity index (χ4v) is 4.36. The van der Waals surface area contributed by atoms with Crippen molar-refractivity contribution in [1.29, 1.82) is 0 Å². The zero-order chi connectivity index (χ0) is 27.3. The van der Waals surface area contributed by atoms with Crippen LogP contribution in [0.3, 0.4) is 0 Å². The molecule has 35 heavy (non-hydrogen) atoms. The van der Waals surface area contributed by atoms with Crippen molar-refractivity contribution < 1.29 is 17.1 Å². The molecule has 2 rings (SSSR count).